The van der Waals surface area contributed by atoms with Gasteiger partial charge in [-0.3, -0.25) is 0 Å². The number of hydrogen-bond acceptors (Lipinski definition) is 5. The van der Waals surface area contributed by atoms with Crippen molar-refractivity contribution < 1.29 is 18.7 Å². The van der Waals surface area contributed by atoms with Crippen LogP contribution in [0.15, 0.2) is 48.5 Å². The molecule has 0 aliphatic rings. The fourth-order valence-corrected chi connectivity index (χ4v) is 2.37. The second-order valence-electron chi connectivity index (χ2n) is 5.07. The fraction of sp³-hybridized carbons (Fsp3) is 0.111. The number of benzene rings is 2. The minimum absolute atomic E-state index is 0.141. The Bertz CT molecular complexity index is 912. The van der Waals surface area contributed by atoms with Gasteiger partial charge in [-0.1, -0.05) is 6.07 Å². The minimum atomic E-state index is -0.560. The van der Waals surface area contributed by atoms with Crippen LogP contribution in [-0.4, -0.2) is 25.2 Å². The lowest BCUT2D eigenvalue weighted by molar-refractivity contribution is 0.0594. The van der Waals surface area contributed by atoms with Crippen molar-refractivity contribution in [3.8, 4) is 5.75 Å². The highest BCUT2D eigenvalue weighted by Crippen LogP contribution is 2.29. The van der Waals surface area contributed by atoms with Crippen LogP contribution in [-0.2, 0) is 4.74 Å². The second kappa shape index (κ2) is 6.54. The third-order valence-corrected chi connectivity index (χ3v) is 3.51. The lowest BCUT2D eigenvalue weighted by Crippen LogP contribution is -2.06. The van der Waals surface area contributed by atoms with E-state index in [0.29, 0.717) is 22.3 Å². The Morgan fingerprint density at radius 3 is 2.71 bits per heavy atom. The number of nitrogens with one attached hydrogen (secondary N) is 1. The minimum Gasteiger partial charge on any atom is -0.497 e. The van der Waals surface area contributed by atoms with Gasteiger partial charge in [-0.05, 0) is 36.4 Å². The number of halogens is 1. The van der Waals surface area contributed by atoms with E-state index < -0.39 is 5.97 Å². The molecule has 0 spiro atoms. The Hall–Kier alpha value is -3.15. The average molecular weight is 326 g/mol. The van der Waals surface area contributed by atoms with Crippen molar-refractivity contribution in [2.24, 2.45) is 0 Å². The number of fused-ring (bicyclic) bond motifs is 1. The number of carbonyl (C=O) groups is 1. The van der Waals surface area contributed by atoms with Gasteiger partial charge in [-0.2, -0.15) is 0 Å². The van der Waals surface area contributed by atoms with Crippen molar-refractivity contribution in [1.29, 1.82) is 0 Å². The van der Waals surface area contributed by atoms with E-state index in [1.807, 2.05) is 18.2 Å². The molecular weight excluding hydrogens is 311 g/mol. The van der Waals surface area contributed by atoms with Gasteiger partial charge in [0, 0.05) is 17.1 Å². The summed E-state index contributed by atoms with van der Waals surface area (Å²) in [7, 11) is 2.86. The molecule has 0 atom stereocenters. The first-order chi connectivity index (χ1) is 11.6. The standard InChI is InChI=1S/C18H15FN2O3/c1-23-13-5-3-4-12(9-13)20-16-10-17(18(22)24-2)21-15-7-6-11(19)8-14(15)16/h3-10H,1-2H3,(H,20,21). The molecule has 0 saturated carbocycles. The molecule has 5 nitrogen and oxygen atoms in total. The fourth-order valence-electron chi connectivity index (χ4n) is 2.37. The third-order valence-electron chi connectivity index (χ3n) is 3.51. The number of esters is 1. The monoisotopic (exact) mass is 326 g/mol. The number of pyridine rings is 1. The second-order valence-corrected chi connectivity index (χ2v) is 5.07. The number of ether oxygens (including phenoxy) is 2. The van der Waals surface area contributed by atoms with Gasteiger partial charge in [-0.25, -0.2) is 14.2 Å². The molecule has 0 saturated heterocycles. The zero-order chi connectivity index (χ0) is 17.1. The Morgan fingerprint density at radius 1 is 1.12 bits per heavy atom. The van der Waals surface area contributed by atoms with Crippen LogP contribution >= 0.6 is 0 Å². The van der Waals surface area contributed by atoms with Gasteiger partial charge < -0.3 is 14.8 Å². The predicted octanol–water partition coefficient (Wildman–Crippen LogP) is 3.91. The highest BCUT2D eigenvalue weighted by Gasteiger charge is 2.13. The lowest BCUT2D eigenvalue weighted by Gasteiger charge is -2.12. The molecule has 3 rings (SSSR count). The van der Waals surface area contributed by atoms with Crippen LogP contribution in [0.5, 0.6) is 5.75 Å². The van der Waals surface area contributed by atoms with Crippen LogP contribution in [0.4, 0.5) is 15.8 Å². The van der Waals surface area contributed by atoms with Gasteiger partial charge >= 0.3 is 5.97 Å². The predicted molar refractivity (Wildman–Crippen MR) is 89.3 cm³/mol. The van der Waals surface area contributed by atoms with Crippen molar-refractivity contribution in [2.45, 2.75) is 0 Å². The molecule has 0 aliphatic heterocycles. The average Bonchev–Trinajstić information content (AvgIpc) is 2.61. The molecule has 0 bridgehead atoms. The van der Waals surface area contributed by atoms with Crippen LogP contribution < -0.4 is 10.1 Å². The summed E-state index contributed by atoms with van der Waals surface area (Å²) >= 11 is 0. The van der Waals surface area contributed by atoms with Gasteiger partial charge in [0.15, 0.2) is 5.69 Å². The Kier molecular flexibility index (Phi) is 4.29. The maximum atomic E-state index is 13.6. The largest absolute Gasteiger partial charge is 0.497 e. The number of methoxy groups -OCH3 is 2. The summed E-state index contributed by atoms with van der Waals surface area (Å²) in [5.41, 5.74) is 1.92. The Morgan fingerprint density at radius 2 is 1.96 bits per heavy atom. The van der Waals surface area contributed by atoms with Gasteiger partial charge in [-0.15, -0.1) is 0 Å². The van der Waals surface area contributed by atoms with Crippen molar-refractivity contribution in [3.05, 3.63) is 60.0 Å². The van der Waals surface area contributed by atoms with E-state index in [0.717, 1.165) is 5.69 Å². The number of rotatable bonds is 4. The van der Waals surface area contributed by atoms with Crippen molar-refractivity contribution >= 4 is 28.2 Å². The van der Waals surface area contributed by atoms with Crippen LogP contribution in [0.3, 0.4) is 0 Å². The van der Waals surface area contributed by atoms with Gasteiger partial charge in [0.25, 0.3) is 0 Å². The van der Waals surface area contributed by atoms with Gasteiger partial charge in [0.1, 0.15) is 11.6 Å². The number of aromatic nitrogens is 1. The number of hydrogen-bond donors (Lipinski definition) is 1. The van der Waals surface area contributed by atoms with Crippen molar-refractivity contribution in [2.75, 3.05) is 19.5 Å². The molecule has 0 unspecified atom stereocenters. The number of nitrogens with zero attached hydrogens (tertiary/aromatic N) is 1. The summed E-state index contributed by atoms with van der Waals surface area (Å²) in [6, 6.07) is 13.0. The van der Waals surface area contributed by atoms with Crippen LogP contribution in [0.1, 0.15) is 10.5 Å². The molecule has 0 aliphatic carbocycles. The molecule has 2 aromatic carbocycles. The highest BCUT2D eigenvalue weighted by molar-refractivity contribution is 5.98. The smallest absolute Gasteiger partial charge is 0.356 e. The van der Waals surface area contributed by atoms with Gasteiger partial charge in [0.05, 0.1) is 25.4 Å². The van der Waals surface area contributed by atoms with Gasteiger partial charge in [0.2, 0.25) is 0 Å². The van der Waals surface area contributed by atoms with E-state index in [4.69, 9.17) is 9.47 Å². The highest BCUT2D eigenvalue weighted by atomic mass is 19.1. The normalized spacial score (nSPS) is 10.5. The SMILES string of the molecule is COC(=O)c1cc(Nc2cccc(OC)c2)c2cc(F)ccc2n1. The first-order valence-corrected chi connectivity index (χ1v) is 7.20. The molecule has 122 valence electrons. The van der Waals surface area contributed by atoms with E-state index in [9.17, 15) is 9.18 Å². The zero-order valence-electron chi connectivity index (χ0n) is 13.2. The molecular formula is C18H15FN2O3. The van der Waals surface area contributed by atoms with E-state index in [1.54, 1.807) is 13.2 Å². The summed E-state index contributed by atoms with van der Waals surface area (Å²) in [5.74, 6) is -0.267. The van der Waals surface area contributed by atoms with Crippen LogP contribution in [0.2, 0.25) is 0 Å². The first-order valence-electron chi connectivity index (χ1n) is 7.20. The van der Waals surface area contributed by atoms with E-state index in [-0.39, 0.29) is 11.5 Å². The first kappa shape index (κ1) is 15.7. The maximum absolute atomic E-state index is 13.6. The molecule has 3 aromatic rings. The number of anilines is 2. The summed E-state index contributed by atoms with van der Waals surface area (Å²) in [4.78, 5) is 16.0. The molecule has 1 aromatic heterocycles. The summed E-state index contributed by atoms with van der Waals surface area (Å²) in [5, 5.41) is 3.73. The van der Waals surface area contributed by atoms with Crippen LogP contribution in [0, 0.1) is 5.82 Å². The maximum Gasteiger partial charge on any atom is 0.356 e. The summed E-state index contributed by atoms with van der Waals surface area (Å²) in [6.07, 6.45) is 0. The molecule has 24 heavy (non-hydrogen) atoms. The molecule has 0 radical (unpaired) electrons. The molecule has 0 amide bonds. The summed E-state index contributed by atoms with van der Waals surface area (Å²) in [6.45, 7) is 0. The molecule has 6 heteroatoms. The van der Waals surface area contributed by atoms with E-state index in [2.05, 4.69) is 10.3 Å². The lowest BCUT2D eigenvalue weighted by atomic mass is 10.1. The summed E-state index contributed by atoms with van der Waals surface area (Å²) < 4.78 is 23.6. The van der Waals surface area contributed by atoms with Crippen molar-refractivity contribution in [1.82, 2.24) is 4.98 Å². The third kappa shape index (κ3) is 3.12. The quantitative estimate of drug-likeness (QED) is 0.737. The van der Waals surface area contributed by atoms with E-state index >= 15 is 0 Å². The Balaban J connectivity index is 2.12. The molecule has 1 heterocycles. The van der Waals surface area contributed by atoms with Crippen LogP contribution in [0.25, 0.3) is 10.9 Å². The molecule has 0 fully saturated rings. The molecule has 1 N–H and O–H groups in total. The van der Waals surface area contributed by atoms with E-state index in [1.165, 1.54) is 31.4 Å². The zero-order valence-corrected chi connectivity index (χ0v) is 13.2. The Labute approximate surface area is 138 Å². The topological polar surface area (TPSA) is 60.5 Å². The number of carbonyl (C=O) groups excluding carboxylic acids is 1. The van der Waals surface area contributed by atoms with Crippen molar-refractivity contribution in [3.63, 3.8) is 0 Å².